The smallest absolute Gasteiger partial charge is 0.251 e. The summed E-state index contributed by atoms with van der Waals surface area (Å²) in [6, 6.07) is 11.0. The first-order valence-corrected chi connectivity index (χ1v) is 12.1. The molecule has 2 aromatic carbocycles. The van der Waals surface area contributed by atoms with E-state index in [2.05, 4.69) is 15.1 Å². The topological polar surface area (TPSA) is 71.1 Å². The van der Waals surface area contributed by atoms with Gasteiger partial charge in [-0.3, -0.25) is 14.5 Å². The predicted octanol–water partition coefficient (Wildman–Crippen LogP) is 3.51. The number of nitrogens with one attached hydrogen (secondary N) is 1. The Kier molecular flexibility index (Phi) is 8.15. The Bertz CT molecular complexity index is 1090. The van der Waals surface area contributed by atoms with Crippen LogP contribution in [0.4, 0.5) is 4.39 Å². The fraction of sp³-hybridized carbons (Fsp3) is 0.407. The van der Waals surface area contributed by atoms with Crippen LogP contribution in [0.1, 0.15) is 41.0 Å². The van der Waals surface area contributed by atoms with E-state index in [0.29, 0.717) is 41.5 Å². The lowest BCUT2D eigenvalue weighted by Gasteiger charge is -2.34. The maximum Gasteiger partial charge on any atom is 0.251 e. The number of ether oxygens (including phenoxy) is 2. The molecule has 1 amide bonds. The predicted molar refractivity (Wildman–Crippen MR) is 131 cm³/mol. The molecule has 35 heavy (non-hydrogen) atoms. The van der Waals surface area contributed by atoms with Crippen LogP contribution in [-0.4, -0.2) is 73.9 Å². The zero-order valence-electron chi connectivity index (χ0n) is 20.3. The molecule has 1 N–H and O–H groups in total. The molecule has 0 atom stereocenters. The lowest BCUT2D eigenvalue weighted by Crippen LogP contribution is -2.48. The second-order valence-electron chi connectivity index (χ2n) is 9.04. The molecule has 1 fully saturated rings. The Hall–Kier alpha value is -3.23. The van der Waals surface area contributed by atoms with E-state index in [1.807, 2.05) is 26.0 Å². The number of ketones is 1. The number of rotatable bonds is 9. The van der Waals surface area contributed by atoms with E-state index >= 15 is 0 Å². The van der Waals surface area contributed by atoms with E-state index in [9.17, 15) is 14.0 Å². The van der Waals surface area contributed by atoms with Crippen molar-refractivity contribution in [1.82, 2.24) is 15.1 Å². The van der Waals surface area contributed by atoms with Gasteiger partial charge in [0.2, 0.25) is 5.78 Å². The van der Waals surface area contributed by atoms with Gasteiger partial charge in [-0.15, -0.1) is 0 Å². The molecule has 0 spiro atoms. The number of benzene rings is 2. The Morgan fingerprint density at radius 1 is 1.03 bits per heavy atom. The van der Waals surface area contributed by atoms with Gasteiger partial charge < -0.3 is 19.7 Å². The van der Waals surface area contributed by atoms with Crippen molar-refractivity contribution in [3.63, 3.8) is 0 Å². The highest BCUT2D eigenvalue weighted by Crippen LogP contribution is 2.38. The zero-order chi connectivity index (χ0) is 24.8. The van der Waals surface area contributed by atoms with E-state index in [4.69, 9.17) is 9.47 Å². The van der Waals surface area contributed by atoms with Crippen molar-refractivity contribution in [3.8, 4) is 11.5 Å². The third-order valence-corrected chi connectivity index (χ3v) is 6.25. The third kappa shape index (κ3) is 6.26. The second-order valence-corrected chi connectivity index (χ2v) is 9.04. The average molecular weight is 482 g/mol. The Morgan fingerprint density at radius 2 is 1.71 bits per heavy atom. The van der Waals surface area contributed by atoms with Gasteiger partial charge in [-0.2, -0.15) is 0 Å². The highest BCUT2D eigenvalue weighted by Gasteiger charge is 2.31. The highest BCUT2D eigenvalue weighted by molar-refractivity contribution is 6.14. The van der Waals surface area contributed by atoms with Crippen LogP contribution in [0.15, 0.2) is 53.8 Å². The number of allylic oxidation sites excluding steroid dienone is 2. The van der Waals surface area contributed by atoms with Gasteiger partial charge in [-0.25, -0.2) is 4.39 Å². The van der Waals surface area contributed by atoms with Crippen LogP contribution in [-0.2, 0) is 0 Å². The molecule has 186 valence electrons. The molecular formula is C27H32FN3O4. The average Bonchev–Trinajstić information content (AvgIpc) is 3.20. The van der Waals surface area contributed by atoms with Crippen LogP contribution in [0.2, 0.25) is 0 Å². The number of halogens is 1. The number of Topliss-reactive ketones (excluding diaryl/α,β-unsaturated/α-hetero) is 1. The molecule has 2 aliphatic heterocycles. The molecule has 4 rings (SSSR count). The summed E-state index contributed by atoms with van der Waals surface area (Å²) in [7, 11) is 0. The summed E-state index contributed by atoms with van der Waals surface area (Å²) in [5.74, 6) is 0.893. The molecule has 0 aromatic heterocycles. The number of hydrogen-bond donors (Lipinski definition) is 1. The van der Waals surface area contributed by atoms with Crippen LogP contribution in [0, 0.1) is 5.82 Å². The minimum absolute atomic E-state index is 0.111. The standard InChI is InChI=1S/C27H32FN3O4/c1-19(2)26-25(32)24-22(5-3-6-23(24)35-26)34-18-4-12-30-14-16-31(17-15-30)13-11-29-27(33)20-7-9-21(28)10-8-20/h3,5-10H,4,11-18H2,1-2H3,(H,29,33). The van der Waals surface area contributed by atoms with Gasteiger partial charge in [0, 0.05) is 51.4 Å². The Morgan fingerprint density at radius 3 is 2.40 bits per heavy atom. The van der Waals surface area contributed by atoms with Gasteiger partial charge in [-0.1, -0.05) is 6.07 Å². The first-order chi connectivity index (χ1) is 16.9. The molecule has 2 heterocycles. The summed E-state index contributed by atoms with van der Waals surface area (Å²) in [5.41, 5.74) is 1.84. The number of piperazine rings is 1. The summed E-state index contributed by atoms with van der Waals surface area (Å²) in [6.45, 7) is 10.3. The molecule has 0 unspecified atom stereocenters. The van der Waals surface area contributed by atoms with E-state index < -0.39 is 0 Å². The lowest BCUT2D eigenvalue weighted by molar-refractivity contribution is 0.0934. The van der Waals surface area contributed by atoms with Gasteiger partial charge in [0.05, 0.1) is 6.61 Å². The molecule has 8 heteroatoms. The largest absolute Gasteiger partial charge is 0.493 e. The molecule has 7 nitrogen and oxygen atoms in total. The van der Waals surface area contributed by atoms with Crippen molar-refractivity contribution < 1.29 is 23.5 Å². The number of carbonyl (C=O) groups excluding carboxylic acids is 2. The van der Waals surface area contributed by atoms with Crippen LogP contribution in [0.3, 0.4) is 0 Å². The third-order valence-electron chi connectivity index (χ3n) is 6.25. The van der Waals surface area contributed by atoms with Crippen LogP contribution in [0.5, 0.6) is 11.5 Å². The van der Waals surface area contributed by atoms with Crippen molar-refractivity contribution in [1.29, 1.82) is 0 Å². The second kappa shape index (κ2) is 11.5. The van der Waals surface area contributed by atoms with Crippen molar-refractivity contribution in [2.24, 2.45) is 0 Å². The van der Waals surface area contributed by atoms with Crippen LogP contribution in [0.25, 0.3) is 0 Å². The van der Waals surface area contributed by atoms with Crippen LogP contribution < -0.4 is 14.8 Å². The molecule has 0 saturated carbocycles. The summed E-state index contributed by atoms with van der Waals surface area (Å²) in [5, 5.41) is 2.90. The van der Waals surface area contributed by atoms with Crippen molar-refractivity contribution in [2.75, 3.05) is 52.4 Å². The summed E-state index contributed by atoms with van der Waals surface area (Å²) >= 11 is 0. The van der Waals surface area contributed by atoms with Crippen molar-refractivity contribution in [2.45, 2.75) is 20.3 Å². The first-order valence-electron chi connectivity index (χ1n) is 12.1. The Labute approximate surface area is 205 Å². The molecule has 1 saturated heterocycles. The monoisotopic (exact) mass is 481 g/mol. The van der Waals surface area contributed by atoms with E-state index in [0.717, 1.165) is 51.3 Å². The highest BCUT2D eigenvalue weighted by atomic mass is 19.1. The summed E-state index contributed by atoms with van der Waals surface area (Å²) < 4.78 is 24.6. The van der Waals surface area contributed by atoms with Crippen molar-refractivity contribution in [3.05, 3.63) is 70.7 Å². The number of hydrogen-bond acceptors (Lipinski definition) is 6. The quantitative estimate of drug-likeness (QED) is 0.437. The first kappa shape index (κ1) is 24.9. The number of nitrogens with zero attached hydrogens (tertiary/aromatic N) is 2. The van der Waals surface area contributed by atoms with Gasteiger partial charge in [-0.05, 0) is 62.2 Å². The van der Waals surface area contributed by atoms with Crippen molar-refractivity contribution >= 4 is 11.7 Å². The van der Waals surface area contributed by atoms with Gasteiger partial charge in [0.1, 0.15) is 22.9 Å². The summed E-state index contributed by atoms with van der Waals surface area (Å²) in [6.07, 6.45) is 0.863. The normalized spacial score (nSPS) is 16.1. The molecule has 2 aliphatic rings. The van der Waals surface area contributed by atoms with E-state index in [1.54, 1.807) is 6.07 Å². The molecule has 0 aliphatic carbocycles. The fourth-order valence-corrected chi connectivity index (χ4v) is 4.28. The minimum Gasteiger partial charge on any atom is -0.493 e. The van der Waals surface area contributed by atoms with Gasteiger partial charge >= 0.3 is 0 Å². The number of amides is 1. The van der Waals surface area contributed by atoms with Crippen LogP contribution >= 0.6 is 0 Å². The van der Waals surface area contributed by atoms with E-state index in [1.165, 1.54) is 24.3 Å². The minimum atomic E-state index is -0.350. The van der Waals surface area contributed by atoms with Gasteiger partial charge in [0.25, 0.3) is 5.91 Å². The molecule has 0 bridgehead atoms. The molecular weight excluding hydrogens is 449 g/mol. The zero-order valence-corrected chi connectivity index (χ0v) is 20.3. The SMILES string of the molecule is CC(C)=C1Oc2cccc(OCCCN3CCN(CCNC(=O)c4ccc(F)cc4)CC3)c2C1=O. The Balaban J connectivity index is 1.13. The maximum atomic E-state index is 13.0. The fourth-order valence-electron chi connectivity index (χ4n) is 4.28. The number of carbonyl (C=O) groups is 2. The lowest BCUT2D eigenvalue weighted by atomic mass is 10.1. The van der Waals surface area contributed by atoms with E-state index in [-0.39, 0.29) is 17.5 Å². The van der Waals surface area contributed by atoms with Gasteiger partial charge in [0.15, 0.2) is 5.76 Å². The molecule has 2 aromatic rings. The molecule has 0 radical (unpaired) electrons. The maximum absolute atomic E-state index is 13.0. The number of fused-ring (bicyclic) bond motifs is 1. The summed E-state index contributed by atoms with van der Waals surface area (Å²) in [4.78, 5) is 29.5.